The van der Waals surface area contributed by atoms with Crippen LogP contribution in [0.25, 0.3) is 0 Å². The lowest BCUT2D eigenvalue weighted by Crippen LogP contribution is -2.33. The Morgan fingerprint density at radius 2 is 2.36 bits per heavy atom. The Morgan fingerprint density at radius 1 is 1.73 bits per heavy atom. The molecule has 62 valence electrons. The van der Waals surface area contributed by atoms with Crippen LogP contribution in [-0.4, -0.2) is 30.6 Å². The van der Waals surface area contributed by atoms with Crippen molar-refractivity contribution in [1.29, 1.82) is 0 Å². The van der Waals surface area contributed by atoms with E-state index < -0.39 is 6.09 Å². The summed E-state index contributed by atoms with van der Waals surface area (Å²) >= 11 is 0. The minimum atomic E-state index is -0.542. The molecular formula is C7H11NO3. The molecule has 11 heavy (non-hydrogen) atoms. The molecule has 0 aromatic rings. The first-order valence-corrected chi connectivity index (χ1v) is 3.56. The average molecular weight is 157 g/mol. The van der Waals surface area contributed by atoms with Crippen molar-refractivity contribution >= 4 is 12.0 Å². The van der Waals surface area contributed by atoms with E-state index in [9.17, 15) is 9.59 Å². The van der Waals surface area contributed by atoms with E-state index >= 15 is 0 Å². The molecule has 1 atom stereocenters. The Hall–Kier alpha value is -1.06. The summed E-state index contributed by atoms with van der Waals surface area (Å²) in [7, 11) is 1.28. The second-order valence-corrected chi connectivity index (χ2v) is 2.65. The van der Waals surface area contributed by atoms with Crippen molar-refractivity contribution in [1.82, 2.24) is 4.90 Å². The number of hydrogen-bond acceptors (Lipinski definition) is 3. The first-order valence-electron chi connectivity index (χ1n) is 3.56. The Bertz CT molecular complexity index is 190. The van der Waals surface area contributed by atoms with Crippen molar-refractivity contribution in [3.05, 3.63) is 0 Å². The zero-order chi connectivity index (χ0) is 8.43. The monoisotopic (exact) mass is 157 g/mol. The first kappa shape index (κ1) is 8.04. The molecule has 0 aliphatic carbocycles. The Kier molecular flexibility index (Phi) is 2.12. The van der Waals surface area contributed by atoms with Crippen LogP contribution in [0, 0.1) is 5.92 Å². The van der Waals surface area contributed by atoms with Crippen molar-refractivity contribution < 1.29 is 14.3 Å². The van der Waals surface area contributed by atoms with E-state index in [4.69, 9.17) is 0 Å². The van der Waals surface area contributed by atoms with Crippen LogP contribution in [0.4, 0.5) is 4.79 Å². The number of rotatable bonds is 0. The number of methoxy groups -OCH3 is 1. The highest BCUT2D eigenvalue weighted by atomic mass is 16.5. The largest absolute Gasteiger partial charge is 0.452 e. The minimum Gasteiger partial charge on any atom is -0.452 e. The highest BCUT2D eigenvalue weighted by molar-refractivity contribution is 5.94. The van der Waals surface area contributed by atoms with Crippen molar-refractivity contribution in [2.45, 2.75) is 13.3 Å². The molecule has 1 unspecified atom stereocenters. The van der Waals surface area contributed by atoms with Gasteiger partial charge in [0.25, 0.3) is 0 Å². The van der Waals surface area contributed by atoms with Crippen LogP contribution in [0.2, 0.25) is 0 Å². The summed E-state index contributed by atoms with van der Waals surface area (Å²) in [6.07, 6.45) is 0.202. The van der Waals surface area contributed by atoms with Gasteiger partial charge in [-0.2, -0.15) is 0 Å². The molecule has 1 rings (SSSR count). The highest BCUT2D eigenvalue weighted by Gasteiger charge is 2.32. The van der Waals surface area contributed by atoms with Gasteiger partial charge >= 0.3 is 6.09 Å². The number of amides is 2. The number of carbonyl (C=O) groups excluding carboxylic acids is 2. The summed E-state index contributed by atoms with van der Waals surface area (Å²) in [6.45, 7) is 2.30. The number of nitrogens with zero attached hydrogens (tertiary/aromatic N) is 1. The SMILES string of the molecule is COC(=O)N1CCC(C)C1=O. The molecule has 2 amide bonds. The van der Waals surface area contributed by atoms with Gasteiger partial charge in [-0.25, -0.2) is 9.69 Å². The highest BCUT2D eigenvalue weighted by Crippen LogP contribution is 2.17. The van der Waals surface area contributed by atoms with Crippen LogP contribution in [-0.2, 0) is 9.53 Å². The van der Waals surface area contributed by atoms with Crippen LogP contribution >= 0.6 is 0 Å². The third kappa shape index (κ3) is 1.34. The molecule has 4 heteroatoms. The van der Waals surface area contributed by atoms with Gasteiger partial charge < -0.3 is 4.74 Å². The number of hydrogen-bond donors (Lipinski definition) is 0. The van der Waals surface area contributed by atoms with Crippen molar-refractivity contribution in [2.24, 2.45) is 5.92 Å². The molecule has 0 bridgehead atoms. The van der Waals surface area contributed by atoms with E-state index in [0.717, 1.165) is 11.3 Å². The predicted molar refractivity (Wildman–Crippen MR) is 37.9 cm³/mol. The van der Waals surface area contributed by atoms with E-state index in [1.165, 1.54) is 7.11 Å². The fourth-order valence-electron chi connectivity index (χ4n) is 1.11. The van der Waals surface area contributed by atoms with Crippen LogP contribution in [0.3, 0.4) is 0 Å². The lowest BCUT2D eigenvalue weighted by molar-refractivity contribution is -0.128. The van der Waals surface area contributed by atoms with Crippen LogP contribution in [0.1, 0.15) is 13.3 Å². The summed E-state index contributed by atoms with van der Waals surface area (Å²) < 4.78 is 4.42. The number of likely N-dealkylation sites (tertiary alicyclic amines) is 1. The Balaban J connectivity index is 2.62. The minimum absolute atomic E-state index is 0.0332. The van der Waals surface area contributed by atoms with Crippen molar-refractivity contribution in [3.8, 4) is 0 Å². The maximum Gasteiger partial charge on any atom is 0.416 e. The van der Waals surface area contributed by atoms with E-state index in [1.807, 2.05) is 6.92 Å². The maximum absolute atomic E-state index is 11.1. The van der Waals surface area contributed by atoms with Gasteiger partial charge in [0.1, 0.15) is 0 Å². The van der Waals surface area contributed by atoms with Crippen LogP contribution in [0.5, 0.6) is 0 Å². The molecule has 0 saturated carbocycles. The molecule has 0 aromatic heterocycles. The summed E-state index contributed by atoms with van der Waals surface area (Å²) in [6, 6.07) is 0. The van der Waals surface area contributed by atoms with Gasteiger partial charge in [0, 0.05) is 12.5 Å². The van der Waals surface area contributed by atoms with Crippen LogP contribution in [0.15, 0.2) is 0 Å². The molecule has 1 aliphatic rings. The summed E-state index contributed by atoms with van der Waals surface area (Å²) in [5.74, 6) is -0.161. The van der Waals surface area contributed by atoms with E-state index in [1.54, 1.807) is 0 Å². The quantitative estimate of drug-likeness (QED) is 0.518. The van der Waals surface area contributed by atoms with E-state index in [0.29, 0.717) is 6.54 Å². The average Bonchev–Trinajstić information content (AvgIpc) is 2.32. The topological polar surface area (TPSA) is 46.6 Å². The van der Waals surface area contributed by atoms with Gasteiger partial charge in [0.2, 0.25) is 5.91 Å². The van der Waals surface area contributed by atoms with E-state index in [-0.39, 0.29) is 11.8 Å². The van der Waals surface area contributed by atoms with Gasteiger partial charge in [-0.1, -0.05) is 6.92 Å². The zero-order valence-electron chi connectivity index (χ0n) is 6.66. The summed E-state index contributed by atoms with van der Waals surface area (Å²) in [4.78, 5) is 23.1. The second-order valence-electron chi connectivity index (χ2n) is 2.65. The normalized spacial score (nSPS) is 24.0. The van der Waals surface area contributed by atoms with Crippen molar-refractivity contribution in [3.63, 3.8) is 0 Å². The van der Waals surface area contributed by atoms with Gasteiger partial charge in [-0.05, 0) is 6.42 Å². The summed E-state index contributed by atoms with van der Waals surface area (Å²) in [5.41, 5.74) is 0. The third-order valence-corrected chi connectivity index (χ3v) is 1.87. The molecule has 0 spiro atoms. The summed E-state index contributed by atoms with van der Waals surface area (Å²) in [5, 5.41) is 0. The molecule has 1 heterocycles. The first-order chi connectivity index (χ1) is 5.16. The number of ether oxygens (including phenoxy) is 1. The predicted octanol–water partition coefficient (Wildman–Crippen LogP) is 0.621. The van der Waals surface area contributed by atoms with Crippen LogP contribution < -0.4 is 0 Å². The van der Waals surface area contributed by atoms with Gasteiger partial charge in [-0.3, -0.25) is 4.79 Å². The molecule has 4 nitrogen and oxygen atoms in total. The second kappa shape index (κ2) is 2.90. The van der Waals surface area contributed by atoms with Gasteiger partial charge in [-0.15, -0.1) is 0 Å². The molecule has 0 aromatic carbocycles. The third-order valence-electron chi connectivity index (χ3n) is 1.87. The fraction of sp³-hybridized carbons (Fsp3) is 0.714. The molecule has 1 aliphatic heterocycles. The van der Waals surface area contributed by atoms with E-state index in [2.05, 4.69) is 4.74 Å². The molecule has 1 fully saturated rings. The van der Waals surface area contributed by atoms with Crippen molar-refractivity contribution in [2.75, 3.05) is 13.7 Å². The lowest BCUT2D eigenvalue weighted by atomic mass is 10.1. The van der Waals surface area contributed by atoms with Gasteiger partial charge in [0.15, 0.2) is 0 Å². The zero-order valence-corrected chi connectivity index (χ0v) is 6.66. The lowest BCUT2D eigenvalue weighted by Gasteiger charge is -2.10. The standard InChI is InChI=1S/C7H11NO3/c1-5-3-4-8(6(5)9)7(10)11-2/h5H,3-4H2,1-2H3. The maximum atomic E-state index is 11.1. The number of imide groups is 1. The molecular weight excluding hydrogens is 146 g/mol. The molecule has 1 saturated heterocycles. The Labute approximate surface area is 65.1 Å². The molecule has 0 N–H and O–H groups in total. The van der Waals surface area contributed by atoms with Gasteiger partial charge in [0.05, 0.1) is 7.11 Å². The molecule has 0 radical (unpaired) electrons. The smallest absolute Gasteiger partial charge is 0.416 e. The number of carbonyl (C=O) groups is 2. The fourth-order valence-corrected chi connectivity index (χ4v) is 1.11. The Morgan fingerprint density at radius 3 is 2.73 bits per heavy atom.